The lowest BCUT2D eigenvalue weighted by molar-refractivity contribution is -0.110. The smallest absolute Gasteiger partial charge is 0.255 e. The molecule has 1 fully saturated rings. The van der Waals surface area contributed by atoms with E-state index in [1.807, 2.05) is 6.07 Å². The number of nitrogens with one attached hydrogen (secondary N) is 1. The van der Waals surface area contributed by atoms with E-state index < -0.39 is 12.3 Å². The Hall–Kier alpha value is -1.88. The Bertz CT molecular complexity index is 407. The zero-order chi connectivity index (χ0) is 12.3. The van der Waals surface area contributed by atoms with Gasteiger partial charge >= 0.3 is 0 Å². The average Bonchev–Trinajstić information content (AvgIpc) is 2.71. The molecule has 0 spiro atoms. The van der Waals surface area contributed by atoms with Crippen molar-refractivity contribution in [2.45, 2.75) is 18.7 Å². The third kappa shape index (κ3) is 2.45. The maximum absolute atomic E-state index is 12.1. The molecular formula is C12H14N2O3. The van der Waals surface area contributed by atoms with Gasteiger partial charge in [0.15, 0.2) is 0 Å². The van der Waals surface area contributed by atoms with Crippen LogP contribution < -0.4 is 5.32 Å². The average molecular weight is 234 g/mol. The highest BCUT2D eigenvalue weighted by atomic mass is 16.3. The summed E-state index contributed by atoms with van der Waals surface area (Å²) in [4.78, 5) is 24.1. The number of likely N-dealkylation sites (tertiary alicyclic amines) is 1. The van der Waals surface area contributed by atoms with Gasteiger partial charge in [0.1, 0.15) is 6.17 Å². The number of benzene rings is 1. The van der Waals surface area contributed by atoms with E-state index in [1.165, 1.54) is 4.90 Å². The number of carbonyl (C=O) groups excluding carboxylic acids is 2. The van der Waals surface area contributed by atoms with E-state index in [-0.39, 0.29) is 12.5 Å². The number of aliphatic hydroxyl groups is 1. The van der Waals surface area contributed by atoms with Crippen LogP contribution in [0.2, 0.25) is 0 Å². The molecule has 0 aromatic heterocycles. The van der Waals surface area contributed by atoms with Gasteiger partial charge in [-0.25, -0.2) is 0 Å². The summed E-state index contributed by atoms with van der Waals surface area (Å²) >= 11 is 0. The quantitative estimate of drug-likeness (QED) is 0.721. The number of rotatable bonds is 3. The fourth-order valence-corrected chi connectivity index (χ4v) is 2.02. The van der Waals surface area contributed by atoms with Crippen molar-refractivity contribution in [1.29, 1.82) is 0 Å². The SMILES string of the molecule is O=CNC1CC(O)CN1C(=O)c1ccccc1. The first kappa shape index (κ1) is 11.6. The molecule has 2 amide bonds. The Morgan fingerprint density at radius 2 is 2.12 bits per heavy atom. The second kappa shape index (κ2) is 4.97. The largest absolute Gasteiger partial charge is 0.391 e. The molecular weight excluding hydrogens is 220 g/mol. The fourth-order valence-electron chi connectivity index (χ4n) is 2.02. The molecule has 90 valence electrons. The molecule has 17 heavy (non-hydrogen) atoms. The summed E-state index contributed by atoms with van der Waals surface area (Å²) in [6, 6.07) is 8.82. The number of aliphatic hydroxyl groups excluding tert-OH is 1. The minimum absolute atomic E-state index is 0.179. The Morgan fingerprint density at radius 3 is 2.76 bits per heavy atom. The van der Waals surface area contributed by atoms with Crippen LogP contribution >= 0.6 is 0 Å². The van der Waals surface area contributed by atoms with Gasteiger partial charge in [0.2, 0.25) is 6.41 Å². The summed E-state index contributed by atoms with van der Waals surface area (Å²) in [6.07, 6.45) is -0.0824. The molecule has 2 atom stereocenters. The van der Waals surface area contributed by atoms with Crippen LogP contribution in [-0.4, -0.2) is 41.1 Å². The molecule has 2 N–H and O–H groups in total. The van der Waals surface area contributed by atoms with Crippen molar-refractivity contribution in [3.05, 3.63) is 35.9 Å². The third-order valence-electron chi connectivity index (χ3n) is 2.82. The van der Waals surface area contributed by atoms with Crippen molar-refractivity contribution in [1.82, 2.24) is 10.2 Å². The number of hydrogen-bond acceptors (Lipinski definition) is 3. The highest BCUT2D eigenvalue weighted by Crippen LogP contribution is 2.18. The van der Waals surface area contributed by atoms with Crippen LogP contribution in [-0.2, 0) is 4.79 Å². The molecule has 2 unspecified atom stereocenters. The number of nitrogens with zero attached hydrogens (tertiary/aromatic N) is 1. The highest BCUT2D eigenvalue weighted by molar-refractivity contribution is 5.94. The summed E-state index contributed by atoms with van der Waals surface area (Å²) in [5, 5.41) is 12.1. The van der Waals surface area contributed by atoms with E-state index in [4.69, 9.17) is 0 Å². The van der Waals surface area contributed by atoms with Crippen molar-refractivity contribution in [3.63, 3.8) is 0 Å². The van der Waals surface area contributed by atoms with Gasteiger partial charge in [0, 0.05) is 18.5 Å². The fraction of sp³-hybridized carbons (Fsp3) is 0.333. The number of hydrogen-bond donors (Lipinski definition) is 2. The van der Waals surface area contributed by atoms with Crippen LogP contribution in [0.3, 0.4) is 0 Å². The topological polar surface area (TPSA) is 69.6 Å². The zero-order valence-electron chi connectivity index (χ0n) is 9.24. The molecule has 5 heteroatoms. The Labute approximate surface area is 99.0 Å². The number of amides is 2. The van der Waals surface area contributed by atoms with E-state index in [9.17, 15) is 14.7 Å². The molecule has 0 aliphatic carbocycles. The first-order chi connectivity index (χ1) is 8.22. The molecule has 2 rings (SSSR count). The minimum Gasteiger partial charge on any atom is -0.391 e. The van der Waals surface area contributed by atoms with E-state index in [1.54, 1.807) is 24.3 Å². The summed E-state index contributed by atoms with van der Waals surface area (Å²) in [5.74, 6) is -0.179. The van der Waals surface area contributed by atoms with Crippen LogP contribution in [0.25, 0.3) is 0 Å². The predicted molar refractivity (Wildman–Crippen MR) is 61.1 cm³/mol. The van der Waals surface area contributed by atoms with Gasteiger partial charge in [0.05, 0.1) is 6.10 Å². The molecule has 1 heterocycles. The second-order valence-electron chi connectivity index (χ2n) is 4.01. The van der Waals surface area contributed by atoms with Gasteiger partial charge in [0.25, 0.3) is 5.91 Å². The lowest BCUT2D eigenvalue weighted by Gasteiger charge is -2.23. The van der Waals surface area contributed by atoms with Crippen molar-refractivity contribution in [3.8, 4) is 0 Å². The lowest BCUT2D eigenvalue weighted by atomic mass is 10.2. The van der Waals surface area contributed by atoms with E-state index >= 15 is 0 Å². The maximum Gasteiger partial charge on any atom is 0.255 e. The monoisotopic (exact) mass is 234 g/mol. The van der Waals surface area contributed by atoms with Gasteiger partial charge in [-0.1, -0.05) is 18.2 Å². The molecule has 1 aromatic carbocycles. The van der Waals surface area contributed by atoms with Crippen LogP contribution in [0, 0.1) is 0 Å². The summed E-state index contributed by atoms with van der Waals surface area (Å²) < 4.78 is 0. The van der Waals surface area contributed by atoms with Crippen LogP contribution in [0.15, 0.2) is 30.3 Å². The highest BCUT2D eigenvalue weighted by Gasteiger charge is 2.34. The van der Waals surface area contributed by atoms with Crippen LogP contribution in [0.4, 0.5) is 0 Å². The van der Waals surface area contributed by atoms with Gasteiger partial charge in [-0.2, -0.15) is 0 Å². The maximum atomic E-state index is 12.1. The van der Waals surface area contributed by atoms with Crippen LogP contribution in [0.5, 0.6) is 0 Å². The molecule has 0 bridgehead atoms. The predicted octanol–water partition coefficient (Wildman–Crippen LogP) is -0.0345. The molecule has 0 radical (unpaired) electrons. The molecule has 0 saturated carbocycles. The van der Waals surface area contributed by atoms with Crippen molar-refractivity contribution >= 4 is 12.3 Å². The first-order valence-corrected chi connectivity index (χ1v) is 5.46. The van der Waals surface area contributed by atoms with Gasteiger partial charge in [-0.15, -0.1) is 0 Å². The Morgan fingerprint density at radius 1 is 1.41 bits per heavy atom. The lowest BCUT2D eigenvalue weighted by Crippen LogP contribution is -2.44. The number of carbonyl (C=O) groups is 2. The summed E-state index contributed by atoms with van der Waals surface area (Å²) in [5.41, 5.74) is 0.555. The van der Waals surface area contributed by atoms with E-state index in [0.717, 1.165) is 0 Å². The summed E-state index contributed by atoms with van der Waals surface area (Å²) in [6.45, 7) is 0.249. The molecule has 1 aliphatic heterocycles. The molecule has 1 aliphatic rings. The van der Waals surface area contributed by atoms with Gasteiger partial charge < -0.3 is 15.3 Å². The normalized spacial score (nSPS) is 23.5. The Kier molecular flexibility index (Phi) is 3.39. The second-order valence-corrected chi connectivity index (χ2v) is 4.01. The summed E-state index contributed by atoms with van der Waals surface area (Å²) in [7, 11) is 0. The molecule has 1 aromatic rings. The van der Waals surface area contributed by atoms with Gasteiger partial charge in [-0.05, 0) is 12.1 Å². The van der Waals surface area contributed by atoms with Gasteiger partial charge in [-0.3, -0.25) is 9.59 Å². The zero-order valence-corrected chi connectivity index (χ0v) is 9.24. The first-order valence-electron chi connectivity index (χ1n) is 5.46. The Balaban J connectivity index is 2.15. The minimum atomic E-state index is -0.583. The van der Waals surface area contributed by atoms with Crippen molar-refractivity contribution in [2.75, 3.05) is 6.54 Å². The molecule has 1 saturated heterocycles. The standard InChI is InChI=1S/C12H14N2O3/c15-8-13-11-6-10(16)7-14(11)12(17)9-4-2-1-3-5-9/h1-5,8,10-11,16H,6-7H2,(H,13,15). The molecule has 5 nitrogen and oxygen atoms in total. The van der Waals surface area contributed by atoms with E-state index in [2.05, 4.69) is 5.32 Å². The van der Waals surface area contributed by atoms with Crippen molar-refractivity contribution < 1.29 is 14.7 Å². The van der Waals surface area contributed by atoms with Crippen LogP contribution in [0.1, 0.15) is 16.8 Å². The van der Waals surface area contributed by atoms with E-state index in [0.29, 0.717) is 18.4 Å². The number of β-amino-alcohol motifs (C(OH)–C–C–N with tert-alkyl or cyclic N) is 1. The third-order valence-corrected chi connectivity index (χ3v) is 2.82. The van der Waals surface area contributed by atoms with Crippen molar-refractivity contribution in [2.24, 2.45) is 0 Å².